The van der Waals surface area contributed by atoms with E-state index in [0.29, 0.717) is 6.54 Å². The minimum atomic E-state index is -4.11. The van der Waals surface area contributed by atoms with Gasteiger partial charge in [-0.15, -0.1) is 0 Å². The normalized spacial score (nSPS) is 33.7. The molecule has 0 radical (unpaired) electrons. The smallest absolute Gasteiger partial charge is 0.290 e. The van der Waals surface area contributed by atoms with Gasteiger partial charge < -0.3 is 0 Å². The Bertz CT molecular complexity index is 197. The van der Waals surface area contributed by atoms with Crippen LogP contribution in [0, 0.1) is 0 Å². The van der Waals surface area contributed by atoms with Crippen LogP contribution in [0.25, 0.3) is 0 Å². The van der Waals surface area contributed by atoms with Crippen molar-refractivity contribution in [2.24, 2.45) is 0 Å². The second-order valence-electron chi connectivity index (χ2n) is 3.32. The quantitative estimate of drug-likeness (QED) is 0.441. The standard InChI is InChI=1S/C7H11F3INS/c1-5(13)12-3-2-6(11,4-12)7(8,9)10/h5,13H,2-4H2,1H3. The van der Waals surface area contributed by atoms with E-state index in [4.69, 9.17) is 0 Å². The monoisotopic (exact) mass is 325 g/mol. The molecule has 1 nitrogen and oxygen atoms in total. The van der Waals surface area contributed by atoms with Gasteiger partial charge in [0.15, 0.2) is 0 Å². The lowest BCUT2D eigenvalue weighted by atomic mass is 10.1. The second-order valence-corrected chi connectivity index (χ2v) is 6.13. The number of nitrogens with zero attached hydrogens (tertiary/aromatic N) is 1. The van der Waals surface area contributed by atoms with Crippen molar-refractivity contribution in [2.45, 2.75) is 28.3 Å². The Morgan fingerprint density at radius 2 is 2.08 bits per heavy atom. The summed E-state index contributed by atoms with van der Waals surface area (Å²) in [5.74, 6) is 0. The number of alkyl halides is 4. The van der Waals surface area contributed by atoms with Crippen LogP contribution < -0.4 is 0 Å². The molecule has 0 aliphatic carbocycles. The molecule has 0 amide bonds. The summed E-state index contributed by atoms with van der Waals surface area (Å²) in [4.78, 5) is 1.74. The van der Waals surface area contributed by atoms with E-state index in [1.165, 1.54) is 22.6 Å². The maximum absolute atomic E-state index is 12.5. The summed E-state index contributed by atoms with van der Waals surface area (Å²) in [6.45, 7) is 2.33. The molecule has 6 heteroatoms. The van der Waals surface area contributed by atoms with Crippen LogP contribution in [0.15, 0.2) is 0 Å². The van der Waals surface area contributed by atoms with Gasteiger partial charge in [-0.05, 0) is 13.3 Å². The zero-order valence-electron chi connectivity index (χ0n) is 7.10. The van der Waals surface area contributed by atoms with Gasteiger partial charge in [0.2, 0.25) is 0 Å². The summed E-state index contributed by atoms with van der Waals surface area (Å²) >= 11 is 5.64. The van der Waals surface area contributed by atoms with Crippen LogP contribution in [0.3, 0.4) is 0 Å². The first-order valence-corrected chi connectivity index (χ1v) is 5.53. The lowest BCUT2D eigenvalue weighted by molar-refractivity contribution is -0.150. The van der Waals surface area contributed by atoms with Crippen molar-refractivity contribution in [1.29, 1.82) is 0 Å². The fourth-order valence-corrected chi connectivity index (χ4v) is 2.23. The Hall–Kier alpha value is 0.830. The molecule has 0 spiro atoms. The average molecular weight is 325 g/mol. The van der Waals surface area contributed by atoms with Crippen LogP contribution in [0.5, 0.6) is 0 Å². The third-order valence-corrected chi connectivity index (χ3v) is 4.10. The highest BCUT2D eigenvalue weighted by molar-refractivity contribution is 14.1. The molecule has 2 atom stereocenters. The molecule has 2 unspecified atom stereocenters. The molecule has 1 fully saturated rings. The predicted molar refractivity (Wildman–Crippen MR) is 57.4 cm³/mol. The molecule has 1 saturated heterocycles. The molecule has 13 heavy (non-hydrogen) atoms. The van der Waals surface area contributed by atoms with Crippen LogP contribution in [0.1, 0.15) is 13.3 Å². The van der Waals surface area contributed by atoms with Gasteiger partial charge in [0.25, 0.3) is 0 Å². The van der Waals surface area contributed by atoms with E-state index in [2.05, 4.69) is 12.6 Å². The Labute approximate surface area is 94.6 Å². The van der Waals surface area contributed by atoms with E-state index in [0.717, 1.165) is 0 Å². The lowest BCUT2D eigenvalue weighted by Gasteiger charge is -2.26. The van der Waals surface area contributed by atoms with Crippen LogP contribution in [-0.4, -0.2) is 33.0 Å². The van der Waals surface area contributed by atoms with E-state index in [-0.39, 0.29) is 18.3 Å². The van der Waals surface area contributed by atoms with Crippen LogP contribution >= 0.6 is 35.2 Å². The highest BCUT2D eigenvalue weighted by Gasteiger charge is 2.56. The fourth-order valence-electron chi connectivity index (χ4n) is 1.35. The lowest BCUT2D eigenvalue weighted by Crippen LogP contribution is -2.42. The van der Waals surface area contributed by atoms with Crippen molar-refractivity contribution < 1.29 is 13.2 Å². The molecular weight excluding hydrogens is 314 g/mol. The van der Waals surface area contributed by atoms with Crippen molar-refractivity contribution in [3.63, 3.8) is 0 Å². The Kier molecular flexibility index (Phi) is 3.45. The van der Waals surface area contributed by atoms with Crippen molar-refractivity contribution >= 4 is 35.2 Å². The van der Waals surface area contributed by atoms with E-state index in [1.807, 2.05) is 0 Å². The van der Waals surface area contributed by atoms with Crippen LogP contribution in [0.4, 0.5) is 13.2 Å². The van der Waals surface area contributed by atoms with Gasteiger partial charge in [-0.25, -0.2) is 0 Å². The third-order valence-electron chi connectivity index (χ3n) is 2.29. The van der Waals surface area contributed by atoms with Gasteiger partial charge in [-0.3, -0.25) is 4.90 Å². The minimum Gasteiger partial charge on any atom is -0.290 e. The van der Waals surface area contributed by atoms with Crippen molar-refractivity contribution in [3.05, 3.63) is 0 Å². The zero-order valence-corrected chi connectivity index (χ0v) is 10.2. The van der Waals surface area contributed by atoms with Crippen LogP contribution in [0.2, 0.25) is 0 Å². The first-order valence-electron chi connectivity index (χ1n) is 3.94. The number of halogens is 4. The minimum absolute atomic E-state index is 0.0573. The van der Waals surface area contributed by atoms with Gasteiger partial charge >= 0.3 is 6.18 Å². The van der Waals surface area contributed by atoms with E-state index in [1.54, 1.807) is 11.8 Å². The van der Waals surface area contributed by atoms with Gasteiger partial charge in [0.1, 0.15) is 3.42 Å². The molecular formula is C7H11F3INS. The first-order chi connectivity index (χ1) is 5.76. The highest BCUT2D eigenvalue weighted by Crippen LogP contribution is 2.45. The molecule has 0 aromatic rings. The fraction of sp³-hybridized carbons (Fsp3) is 1.00. The molecule has 0 bridgehead atoms. The Morgan fingerprint density at radius 3 is 2.31 bits per heavy atom. The van der Waals surface area contributed by atoms with Crippen molar-refractivity contribution in [1.82, 2.24) is 4.90 Å². The summed E-state index contributed by atoms with van der Waals surface area (Å²) < 4.78 is 36.0. The molecule has 0 aromatic heterocycles. The number of hydrogen-bond acceptors (Lipinski definition) is 2. The van der Waals surface area contributed by atoms with Gasteiger partial charge in [0.05, 0.1) is 0 Å². The third kappa shape index (κ3) is 2.44. The molecule has 0 N–H and O–H groups in total. The molecule has 0 saturated carbocycles. The summed E-state index contributed by atoms with van der Waals surface area (Å²) in [7, 11) is 0. The van der Waals surface area contributed by atoms with E-state index in [9.17, 15) is 13.2 Å². The predicted octanol–water partition coefficient (Wildman–Crippen LogP) is 2.70. The Morgan fingerprint density at radius 1 is 1.54 bits per heavy atom. The average Bonchev–Trinajstić information content (AvgIpc) is 2.31. The zero-order chi connectivity index (χ0) is 10.3. The van der Waals surface area contributed by atoms with Crippen LogP contribution in [-0.2, 0) is 0 Å². The maximum atomic E-state index is 12.5. The van der Waals surface area contributed by atoms with E-state index < -0.39 is 9.60 Å². The number of rotatable bonds is 1. The number of likely N-dealkylation sites (tertiary alicyclic amines) is 1. The second kappa shape index (κ2) is 3.77. The van der Waals surface area contributed by atoms with Gasteiger partial charge in [-0.2, -0.15) is 25.8 Å². The van der Waals surface area contributed by atoms with Crippen molar-refractivity contribution in [2.75, 3.05) is 13.1 Å². The Balaban J connectivity index is 2.67. The largest absolute Gasteiger partial charge is 0.404 e. The number of hydrogen-bond donors (Lipinski definition) is 1. The molecule has 1 heterocycles. The summed E-state index contributed by atoms with van der Waals surface area (Å²) in [6, 6.07) is 0. The molecule has 1 rings (SSSR count). The number of thiol groups is 1. The summed E-state index contributed by atoms with van der Waals surface area (Å²) in [6.07, 6.45) is -3.94. The molecule has 1 aliphatic rings. The summed E-state index contributed by atoms with van der Waals surface area (Å²) in [5, 5.41) is -0.0982. The first kappa shape index (κ1) is 11.9. The molecule has 78 valence electrons. The summed E-state index contributed by atoms with van der Waals surface area (Å²) in [5.41, 5.74) is 0. The highest BCUT2D eigenvalue weighted by atomic mass is 127. The SMILES string of the molecule is CC(S)N1CCC(I)(C(F)(F)F)C1. The van der Waals surface area contributed by atoms with Gasteiger partial charge in [-0.1, -0.05) is 22.6 Å². The van der Waals surface area contributed by atoms with E-state index >= 15 is 0 Å². The molecule has 0 aromatic carbocycles. The van der Waals surface area contributed by atoms with Crippen molar-refractivity contribution in [3.8, 4) is 0 Å². The molecule has 1 aliphatic heterocycles. The van der Waals surface area contributed by atoms with Gasteiger partial charge in [0, 0.05) is 18.5 Å². The maximum Gasteiger partial charge on any atom is 0.404 e. The topological polar surface area (TPSA) is 3.24 Å².